The summed E-state index contributed by atoms with van der Waals surface area (Å²) in [4.78, 5) is 37.5. The quantitative estimate of drug-likeness (QED) is 0.372. The standard InChI is InChI=1S/C23H23ClN4O4/c1-21(2)22(3)12-13-23(21,20(30)25-17-7-5-4-6-16(17)24)19(29)18(22)27-26-14-8-10-15(11-9-14)28(31)32/h4-11,26H,12-13H2,1-3H3,(H,25,30). The zero-order valence-corrected chi connectivity index (χ0v) is 18.7. The second kappa shape index (κ2) is 7.41. The van der Waals surface area contributed by atoms with Gasteiger partial charge in [0, 0.05) is 17.5 Å². The molecule has 2 aromatic rings. The van der Waals surface area contributed by atoms with E-state index in [1.165, 1.54) is 24.3 Å². The molecule has 2 saturated carbocycles. The number of hydrogen-bond acceptors (Lipinski definition) is 6. The Labute approximate surface area is 190 Å². The molecule has 4 rings (SSSR count). The van der Waals surface area contributed by atoms with Crippen LogP contribution in [0.4, 0.5) is 17.1 Å². The summed E-state index contributed by atoms with van der Waals surface area (Å²) in [6.07, 6.45) is 1.05. The molecule has 2 fully saturated rings. The molecule has 2 aromatic carbocycles. The van der Waals surface area contributed by atoms with Crippen LogP contribution < -0.4 is 10.7 Å². The van der Waals surface area contributed by atoms with Crippen LogP contribution in [0.3, 0.4) is 0 Å². The van der Waals surface area contributed by atoms with Crippen molar-refractivity contribution < 1.29 is 14.5 Å². The van der Waals surface area contributed by atoms with E-state index in [0.717, 1.165) is 0 Å². The number of rotatable bonds is 5. The molecule has 8 nitrogen and oxygen atoms in total. The molecule has 2 atom stereocenters. The fraction of sp³-hybridized carbons (Fsp3) is 0.348. The van der Waals surface area contributed by atoms with Gasteiger partial charge in [0.1, 0.15) is 11.1 Å². The molecule has 2 N–H and O–H groups in total. The molecule has 1 amide bonds. The molecule has 0 radical (unpaired) electrons. The Morgan fingerprint density at radius 1 is 1.09 bits per heavy atom. The van der Waals surface area contributed by atoms with Crippen molar-refractivity contribution >= 4 is 46.1 Å². The number of nitro benzene ring substituents is 1. The van der Waals surface area contributed by atoms with Crippen LogP contribution in [0, 0.1) is 26.4 Å². The Balaban J connectivity index is 1.66. The first-order valence-electron chi connectivity index (χ1n) is 10.2. The summed E-state index contributed by atoms with van der Waals surface area (Å²) in [6.45, 7) is 5.82. The number of carbonyl (C=O) groups excluding carboxylic acids is 2. The van der Waals surface area contributed by atoms with E-state index in [1.54, 1.807) is 24.3 Å². The normalized spacial score (nSPS) is 26.9. The van der Waals surface area contributed by atoms with Gasteiger partial charge in [-0.05, 0) is 42.5 Å². The molecular weight excluding hydrogens is 432 g/mol. The maximum atomic E-state index is 13.6. The molecule has 0 saturated heterocycles. The maximum Gasteiger partial charge on any atom is 0.269 e. The van der Waals surface area contributed by atoms with Gasteiger partial charge in [0.25, 0.3) is 5.69 Å². The summed E-state index contributed by atoms with van der Waals surface area (Å²) in [7, 11) is 0. The summed E-state index contributed by atoms with van der Waals surface area (Å²) in [5.41, 5.74) is 1.51. The van der Waals surface area contributed by atoms with E-state index >= 15 is 0 Å². The lowest BCUT2D eigenvalue weighted by Gasteiger charge is -2.37. The summed E-state index contributed by atoms with van der Waals surface area (Å²) < 4.78 is 0. The van der Waals surface area contributed by atoms with Gasteiger partial charge in [-0.25, -0.2) is 0 Å². The van der Waals surface area contributed by atoms with Gasteiger partial charge in [-0.1, -0.05) is 44.5 Å². The van der Waals surface area contributed by atoms with Crippen molar-refractivity contribution in [2.24, 2.45) is 21.3 Å². The molecule has 0 aliphatic heterocycles. The first-order chi connectivity index (χ1) is 15.0. The van der Waals surface area contributed by atoms with Crippen molar-refractivity contribution in [2.75, 3.05) is 10.7 Å². The lowest BCUT2D eigenvalue weighted by Crippen LogP contribution is -2.47. The molecular formula is C23H23ClN4O4. The summed E-state index contributed by atoms with van der Waals surface area (Å²) in [5.74, 6) is -0.694. The molecule has 2 aliphatic carbocycles. The molecule has 0 spiro atoms. The highest BCUT2D eigenvalue weighted by molar-refractivity contribution is 6.51. The number of nitrogens with zero attached hydrogens (tertiary/aromatic N) is 2. The molecule has 2 bridgehead atoms. The van der Waals surface area contributed by atoms with Gasteiger partial charge in [0.05, 0.1) is 21.3 Å². The summed E-state index contributed by atoms with van der Waals surface area (Å²) >= 11 is 6.21. The predicted octanol–water partition coefficient (Wildman–Crippen LogP) is 5.05. The number of halogens is 1. The third kappa shape index (κ3) is 2.93. The Morgan fingerprint density at radius 3 is 2.38 bits per heavy atom. The van der Waals surface area contributed by atoms with Crippen molar-refractivity contribution in [1.82, 2.24) is 0 Å². The smallest absolute Gasteiger partial charge is 0.269 e. The second-order valence-corrected chi connectivity index (χ2v) is 9.41. The monoisotopic (exact) mass is 454 g/mol. The molecule has 2 aliphatic rings. The molecule has 32 heavy (non-hydrogen) atoms. The minimum atomic E-state index is -1.27. The van der Waals surface area contributed by atoms with Gasteiger partial charge in [-0.2, -0.15) is 5.10 Å². The number of carbonyl (C=O) groups is 2. The molecule has 166 valence electrons. The average molecular weight is 455 g/mol. The van der Waals surface area contributed by atoms with E-state index in [9.17, 15) is 19.7 Å². The van der Waals surface area contributed by atoms with Crippen LogP contribution in [0.5, 0.6) is 0 Å². The van der Waals surface area contributed by atoms with Crippen molar-refractivity contribution in [2.45, 2.75) is 33.6 Å². The minimum absolute atomic E-state index is 0.0394. The Hall–Kier alpha value is -3.26. The number of para-hydroxylation sites is 1. The van der Waals surface area contributed by atoms with E-state index in [-0.39, 0.29) is 17.4 Å². The topological polar surface area (TPSA) is 114 Å². The highest BCUT2D eigenvalue weighted by Gasteiger charge is 2.76. The largest absolute Gasteiger partial charge is 0.324 e. The van der Waals surface area contributed by atoms with Gasteiger partial charge in [-0.15, -0.1) is 0 Å². The number of nitro groups is 1. The molecule has 2 unspecified atom stereocenters. The molecule has 9 heteroatoms. The third-order valence-electron chi connectivity index (χ3n) is 7.46. The van der Waals surface area contributed by atoms with Crippen LogP contribution in [-0.2, 0) is 9.59 Å². The van der Waals surface area contributed by atoms with Crippen molar-refractivity contribution in [3.05, 3.63) is 63.7 Å². The Morgan fingerprint density at radius 2 is 1.75 bits per heavy atom. The molecule has 0 heterocycles. The van der Waals surface area contributed by atoms with E-state index < -0.39 is 21.2 Å². The number of hydrogen-bond donors (Lipinski definition) is 2. The average Bonchev–Trinajstić information content (AvgIpc) is 3.03. The first kappa shape index (κ1) is 22.0. The summed E-state index contributed by atoms with van der Waals surface area (Å²) in [5, 5.41) is 18.5. The maximum absolute atomic E-state index is 13.6. The number of nitrogens with one attached hydrogen (secondary N) is 2. The SMILES string of the molecule is CC12CCC(C(=O)Nc3ccccc3Cl)(C(=O)C1=NNc1ccc([N+](=O)[O-])cc1)C2(C)C. The zero-order chi connectivity index (χ0) is 23.3. The van der Waals surface area contributed by atoms with Crippen molar-refractivity contribution in [3.8, 4) is 0 Å². The lowest BCUT2D eigenvalue weighted by molar-refractivity contribution is -0.384. The van der Waals surface area contributed by atoms with E-state index in [0.29, 0.717) is 35.0 Å². The Bertz CT molecular complexity index is 1160. The minimum Gasteiger partial charge on any atom is -0.324 e. The van der Waals surface area contributed by atoms with Crippen LogP contribution in [-0.4, -0.2) is 22.3 Å². The highest BCUT2D eigenvalue weighted by atomic mass is 35.5. The van der Waals surface area contributed by atoms with Gasteiger partial charge < -0.3 is 5.32 Å². The van der Waals surface area contributed by atoms with Gasteiger partial charge in [0.15, 0.2) is 5.78 Å². The number of hydrazone groups is 1. The number of fused-ring (bicyclic) bond motifs is 2. The van der Waals surface area contributed by atoms with Crippen LogP contribution in [0.1, 0.15) is 33.6 Å². The number of amides is 1. The van der Waals surface area contributed by atoms with E-state index in [2.05, 4.69) is 15.8 Å². The number of ketones is 1. The fourth-order valence-corrected chi connectivity index (χ4v) is 5.23. The van der Waals surface area contributed by atoms with Gasteiger partial charge >= 0.3 is 0 Å². The number of anilines is 2. The summed E-state index contributed by atoms with van der Waals surface area (Å²) in [6, 6.07) is 12.7. The zero-order valence-electron chi connectivity index (χ0n) is 17.9. The lowest BCUT2D eigenvalue weighted by atomic mass is 9.64. The number of Topliss-reactive ketones (excluding diaryl/α,β-unsaturated/α-hetero) is 1. The van der Waals surface area contributed by atoms with Crippen molar-refractivity contribution in [1.29, 1.82) is 0 Å². The predicted molar refractivity (Wildman–Crippen MR) is 123 cm³/mol. The van der Waals surface area contributed by atoms with Crippen LogP contribution in [0.2, 0.25) is 5.02 Å². The van der Waals surface area contributed by atoms with Gasteiger partial charge in [0.2, 0.25) is 5.91 Å². The van der Waals surface area contributed by atoms with Gasteiger partial charge in [-0.3, -0.25) is 25.1 Å². The first-order valence-corrected chi connectivity index (χ1v) is 10.6. The fourth-order valence-electron chi connectivity index (χ4n) is 5.04. The van der Waals surface area contributed by atoms with E-state index in [4.69, 9.17) is 11.6 Å². The number of non-ortho nitro benzene ring substituents is 1. The van der Waals surface area contributed by atoms with Crippen molar-refractivity contribution in [3.63, 3.8) is 0 Å². The van der Waals surface area contributed by atoms with Crippen LogP contribution in [0.25, 0.3) is 0 Å². The number of benzene rings is 2. The Kier molecular flexibility index (Phi) is 5.08. The van der Waals surface area contributed by atoms with Crippen LogP contribution in [0.15, 0.2) is 53.6 Å². The molecule has 0 aromatic heterocycles. The third-order valence-corrected chi connectivity index (χ3v) is 7.79. The highest BCUT2D eigenvalue weighted by Crippen LogP contribution is 2.69. The second-order valence-electron chi connectivity index (χ2n) is 9.00. The van der Waals surface area contributed by atoms with E-state index in [1.807, 2.05) is 20.8 Å². The van der Waals surface area contributed by atoms with Crippen LogP contribution >= 0.6 is 11.6 Å².